The third kappa shape index (κ3) is 3.50. The highest BCUT2D eigenvalue weighted by Crippen LogP contribution is 2.39. The van der Waals surface area contributed by atoms with Crippen molar-refractivity contribution in [3.63, 3.8) is 0 Å². The average molecular weight is 338 g/mol. The minimum absolute atomic E-state index is 0.382. The monoisotopic (exact) mass is 338 g/mol. The van der Waals surface area contributed by atoms with E-state index in [0.29, 0.717) is 18.1 Å². The summed E-state index contributed by atoms with van der Waals surface area (Å²) in [5.74, 6) is 1.13. The second-order valence-electron chi connectivity index (χ2n) is 5.45. The molecule has 1 heterocycles. The Hall–Kier alpha value is -3.21. The Kier molecular flexibility index (Phi) is 4.75. The van der Waals surface area contributed by atoms with Crippen LogP contribution in [-0.4, -0.2) is 25.3 Å². The summed E-state index contributed by atoms with van der Waals surface area (Å²) < 4.78 is 16.5. The minimum atomic E-state index is -0.994. The van der Waals surface area contributed by atoms with Gasteiger partial charge in [0.2, 0.25) is 0 Å². The van der Waals surface area contributed by atoms with E-state index in [0.717, 1.165) is 34.1 Å². The number of benzene rings is 2. The molecule has 2 aromatic carbocycles. The molecule has 2 aromatic rings. The van der Waals surface area contributed by atoms with Crippen molar-refractivity contribution in [2.45, 2.75) is 6.61 Å². The lowest BCUT2D eigenvalue weighted by Gasteiger charge is -2.11. The van der Waals surface area contributed by atoms with E-state index >= 15 is 0 Å². The van der Waals surface area contributed by atoms with Gasteiger partial charge in [-0.05, 0) is 35.4 Å². The zero-order valence-electron chi connectivity index (χ0n) is 14.0. The van der Waals surface area contributed by atoms with Crippen molar-refractivity contribution < 1.29 is 24.1 Å². The lowest BCUT2D eigenvalue weighted by atomic mass is 9.93. The Morgan fingerprint density at radius 2 is 1.76 bits per heavy atom. The number of carboxylic acids is 1. The molecule has 0 spiro atoms. The van der Waals surface area contributed by atoms with Crippen LogP contribution in [0.25, 0.3) is 5.57 Å². The van der Waals surface area contributed by atoms with Gasteiger partial charge in [0.05, 0.1) is 14.2 Å². The highest BCUT2D eigenvalue weighted by Gasteiger charge is 2.20. The van der Waals surface area contributed by atoms with E-state index in [2.05, 4.69) is 0 Å². The van der Waals surface area contributed by atoms with E-state index in [4.69, 9.17) is 19.3 Å². The maximum Gasteiger partial charge on any atom is 0.328 e. The van der Waals surface area contributed by atoms with Crippen molar-refractivity contribution in [3.05, 3.63) is 71.3 Å². The van der Waals surface area contributed by atoms with Gasteiger partial charge in [-0.15, -0.1) is 0 Å². The fourth-order valence-electron chi connectivity index (χ4n) is 2.76. The molecule has 0 atom stereocenters. The van der Waals surface area contributed by atoms with Gasteiger partial charge in [-0.3, -0.25) is 0 Å². The molecule has 5 nitrogen and oxygen atoms in total. The number of methoxy groups -OCH3 is 2. The van der Waals surface area contributed by atoms with Crippen molar-refractivity contribution in [3.8, 4) is 17.2 Å². The van der Waals surface area contributed by atoms with Gasteiger partial charge < -0.3 is 19.3 Å². The second-order valence-corrected chi connectivity index (χ2v) is 5.45. The predicted octanol–water partition coefficient (Wildman–Crippen LogP) is 3.67. The first kappa shape index (κ1) is 16.6. The Balaban J connectivity index is 2.17. The normalized spacial score (nSPS) is 14.4. The second kappa shape index (κ2) is 7.13. The van der Waals surface area contributed by atoms with Crippen molar-refractivity contribution >= 4 is 11.5 Å². The molecule has 128 valence electrons. The van der Waals surface area contributed by atoms with E-state index in [1.807, 2.05) is 36.4 Å². The third-order valence-corrected chi connectivity index (χ3v) is 3.97. The number of fused-ring (bicyclic) bond motifs is 2. The molecule has 0 bridgehead atoms. The van der Waals surface area contributed by atoms with Gasteiger partial charge in [0.15, 0.2) is 0 Å². The molecule has 1 aliphatic rings. The zero-order valence-corrected chi connectivity index (χ0v) is 14.0. The highest BCUT2D eigenvalue weighted by atomic mass is 16.5. The molecule has 0 radical (unpaired) electrons. The Bertz CT molecular complexity index is 807. The van der Waals surface area contributed by atoms with E-state index in [-0.39, 0.29) is 0 Å². The zero-order chi connectivity index (χ0) is 17.8. The van der Waals surface area contributed by atoms with Crippen LogP contribution in [0.5, 0.6) is 17.2 Å². The van der Waals surface area contributed by atoms with Crippen LogP contribution in [0.15, 0.2) is 54.6 Å². The van der Waals surface area contributed by atoms with Gasteiger partial charge in [0.25, 0.3) is 0 Å². The number of aliphatic carboxylic acids is 1. The number of hydrogen-bond acceptors (Lipinski definition) is 4. The standard InChI is InChI=1S/C20H18O5/c1-23-14-6-8-16-13(10-14)12-25-19-11-15(24-2)7-9-18(19)17(16)4-3-5-20(21)22/h3-11H,12H2,1-2H3,(H,21,22)/b5-3+,17-4+. The molecule has 0 fully saturated rings. The minimum Gasteiger partial charge on any atom is -0.497 e. The lowest BCUT2D eigenvalue weighted by molar-refractivity contribution is -0.131. The van der Waals surface area contributed by atoms with E-state index in [1.54, 1.807) is 20.3 Å². The Morgan fingerprint density at radius 3 is 2.44 bits per heavy atom. The number of rotatable bonds is 4. The van der Waals surface area contributed by atoms with Crippen LogP contribution in [0.3, 0.4) is 0 Å². The average Bonchev–Trinajstić information content (AvgIpc) is 2.77. The van der Waals surface area contributed by atoms with Crippen molar-refractivity contribution in [1.82, 2.24) is 0 Å². The van der Waals surface area contributed by atoms with Gasteiger partial charge in [-0.25, -0.2) is 4.79 Å². The summed E-state index contributed by atoms with van der Waals surface area (Å²) in [7, 11) is 3.22. The maximum absolute atomic E-state index is 10.8. The van der Waals surface area contributed by atoms with Gasteiger partial charge in [-0.2, -0.15) is 0 Å². The smallest absolute Gasteiger partial charge is 0.328 e. The number of allylic oxidation sites excluding steroid dienone is 2. The molecule has 25 heavy (non-hydrogen) atoms. The molecule has 0 saturated carbocycles. The summed E-state index contributed by atoms with van der Waals surface area (Å²) in [6, 6.07) is 11.3. The molecule has 0 aliphatic carbocycles. The molecule has 3 rings (SSSR count). The van der Waals surface area contributed by atoms with Gasteiger partial charge in [-0.1, -0.05) is 18.2 Å². The molecule has 1 N–H and O–H groups in total. The van der Waals surface area contributed by atoms with Crippen LogP contribution in [-0.2, 0) is 11.4 Å². The molecular weight excluding hydrogens is 320 g/mol. The van der Waals surface area contributed by atoms with Crippen molar-refractivity contribution in [2.24, 2.45) is 0 Å². The fraction of sp³-hybridized carbons (Fsp3) is 0.150. The quantitative estimate of drug-likeness (QED) is 0.862. The van der Waals surface area contributed by atoms with Crippen LogP contribution in [0.4, 0.5) is 0 Å². The van der Waals surface area contributed by atoms with Crippen LogP contribution < -0.4 is 14.2 Å². The first-order chi connectivity index (χ1) is 12.1. The largest absolute Gasteiger partial charge is 0.497 e. The molecular formula is C20H18O5. The first-order valence-corrected chi connectivity index (χ1v) is 7.72. The Morgan fingerprint density at radius 1 is 1.08 bits per heavy atom. The first-order valence-electron chi connectivity index (χ1n) is 7.72. The summed E-state index contributed by atoms with van der Waals surface area (Å²) in [4.78, 5) is 10.8. The van der Waals surface area contributed by atoms with E-state index in [9.17, 15) is 4.79 Å². The molecule has 0 amide bonds. The maximum atomic E-state index is 10.8. The van der Waals surface area contributed by atoms with Gasteiger partial charge in [0.1, 0.15) is 23.9 Å². The summed E-state index contributed by atoms with van der Waals surface area (Å²) in [5.41, 5.74) is 3.69. The molecule has 0 unspecified atom stereocenters. The van der Waals surface area contributed by atoms with Gasteiger partial charge in [0, 0.05) is 23.3 Å². The molecule has 0 saturated heterocycles. The summed E-state index contributed by atoms with van der Waals surface area (Å²) in [6.07, 6.45) is 4.40. The SMILES string of the molecule is COc1ccc2c(c1)COc1cc(OC)ccc1/C2=C/C=C/C(=O)O. The topological polar surface area (TPSA) is 65.0 Å². The number of carboxylic acid groups (broad SMARTS) is 1. The number of carbonyl (C=O) groups is 1. The van der Waals surface area contributed by atoms with Crippen LogP contribution in [0.1, 0.15) is 16.7 Å². The molecule has 5 heteroatoms. The number of hydrogen-bond donors (Lipinski definition) is 1. The number of ether oxygens (including phenoxy) is 3. The van der Waals surface area contributed by atoms with Crippen molar-refractivity contribution in [1.29, 1.82) is 0 Å². The van der Waals surface area contributed by atoms with Gasteiger partial charge >= 0.3 is 5.97 Å². The van der Waals surface area contributed by atoms with E-state index in [1.165, 1.54) is 6.08 Å². The van der Waals surface area contributed by atoms with Crippen LogP contribution in [0.2, 0.25) is 0 Å². The van der Waals surface area contributed by atoms with Crippen LogP contribution in [0, 0.1) is 0 Å². The summed E-state index contributed by atoms with van der Waals surface area (Å²) in [5, 5.41) is 8.85. The Labute approximate surface area is 145 Å². The van der Waals surface area contributed by atoms with Crippen LogP contribution >= 0.6 is 0 Å². The molecule has 1 aliphatic heterocycles. The van der Waals surface area contributed by atoms with E-state index < -0.39 is 5.97 Å². The van der Waals surface area contributed by atoms with Crippen molar-refractivity contribution in [2.75, 3.05) is 14.2 Å². The summed E-state index contributed by atoms with van der Waals surface area (Å²) in [6.45, 7) is 0.382. The lowest BCUT2D eigenvalue weighted by Crippen LogP contribution is -1.97. The summed E-state index contributed by atoms with van der Waals surface area (Å²) >= 11 is 0. The molecule has 0 aromatic heterocycles. The third-order valence-electron chi connectivity index (χ3n) is 3.97. The predicted molar refractivity (Wildman–Crippen MR) is 94.2 cm³/mol. The fourth-order valence-corrected chi connectivity index (χ4v) is 2.76. The highest BCUT2D eigenvalue weighted by molar-refractivity contribution is 5.87.